The minimum atomic E-state index is 0.0158. The maximum absolute atomic E-state index is 11.7. The standard InChI is InChI=1S/C12H20N2O/c1-2-3-6-10-14-12(15)11-8-5-4-7-9-13-11/h11,13H,4-10H2,1H3,(H,14,15). The van der Waals surface area contributed by atoms with Crippen LogP contribution in [0.5, 0.6) is 0 Å². The fourth-order valence-corrected chi connectivity index (χ4v) is 1.75. The molecule has 2 N–H and O–H groups in total. The minimum Gasteiger partial charge on any atom is -0.354 e. The summed E-state index contributed by atoms with van der Waals surface area (Å²) in [6.45, 7) is 3.44. The lowest BCUT2D eigenvalue weighted by Crippen LogP contribution is -2.43. The van der Waals surface area contributed by atoms with Gasteiger partial charge in [0.2, 0.25) is 5.91 Å². The van der Waals surface area contributed by atoms with E-state index in [0.717, 1.165) is 25.8 Å². The number of carbonyl (C=O) groups excluding carboxylic acids is 1. The SMILES string of the molecule is CC#CCCNC(=O)C1CCCCCN1. The van der Waals surface area contributed by atoms with Crippen LogP contribution in [0, 0.1) is 11.8 Å². The third kappa shape index (κ3) is 4.85. The lowest BCUT2D eigenvalue weighted by Gasteiger charge is -2.14. The molecule has 1 atom stereocenters. The molecule has 0 aromatic heterocycles. The highest BCUT2D eigenvalue weighted by molar-refractivity contribution is 5.81. The summed E-state index contributed by atoms with van der Waals surface area (Å²) in [5, 5.41) is 6.19. The van der Waals surface area contributed by atoms with Gasteiger partial charge in [0.15, 0.2) is 0 Å². The first-order chi connectivity index (χ1) is 7.34. The number of amides is 1. The molecule has 0 radical (unpaired) electrons. The summed E-state index contributed by atoms with van der Waals surface area (Å²) in [7, 11) is 0. The first-order valence-corrected chi connectivity index (χ1v) is 5.75. The Morgan fingerprint density at radius 2 is 2.33 bits per heavy atom. The molecule has 84 valence electrons. The second-order valence-electron chi connectivity index (χ2n) is 3.82. The molecule has 0 aromatic rings. The minimum absolute atomic E-state index is 0.0158. The molecule has 0 aliphatic carbocycles. The Kier molecular flexibility index (Phi) is 5.87. The van der Waals surface area contributed by atoms with E-state index in [4.69, 9.17) is 0 Å². The first kappa shape index (κ1) is 12.1. The third-order valence-electron chi connectivity index (χ3n) is 2.60. The number of hydrogen-bond acceptors (Lipinski definition) is 2. The molecule has 1 unspecified atom stereocenters. The van der Waals surface area contributed by atoms with Crippen molar-refractivity contribution in [2.24, 2.45) is 0 Å². The molecule has 3 nitrogen and oxygen atoms in total. The van der Waals surface area contributed by atoms with Crippen molar-refractivity contribution in [3.05, 3.63) is 0 Å². The van der Waals surface area contributed by atoms with Crippen LogP contribution in [0.4, 0.5) is 0 Å². The highest BCUT2D eigenvalue weighted by Crippen LogP contribution is 2.08. The second-order valence-corrected chi connectivity index (χ2v) is 3.82. The molecule has 0 aromatic carbocycles. The maximum Gasteiger partial charge on any atom is 0.237 e. The molecule has 1 aliphatic rings. The van der Waals surface area contributed by atoms with Crippen LogP contribution in [0.25, 0.3) is 0 Å². The fourth-order valence-electron chi connectivity index (χ4n) is 1.75. The molecule has 1 saturated heterocycles. The topological polar surface area (TPSA) is 41.1 Å². The van der Waals surface area contributed by atoms with Crippen LogP contribution in [0.3, 0.4) is 0 Å². The van der Waals surface area contributed by atoms with Crippen LogP contribution in [-0.2, 0) is 4.79 Å². The van der Waals surface area contributed by atoms with Gasteiger partial charge in [0, 0.05) is 13.0 Å². The van der Waals surface area contributed by atoms with Gasteiger partial charge >= 0.3 is 0 Å². The predicted octanol–water partition coefficient (Wildman–Crippen LogP) is 1.05. The summed E-state index contributed by atoms with van der Waals surface area (Å²) < 4.78 is 0. The molecule has 1 rings (SSSR count). The Balaban J connectivity index is 2.21. The van der Waals surface area contributed by atoms with Crippen LogP contribution >= 0.6 is 0 Å². The Labute approximate surface area is 92.0 Å². The van der Waals surface area contributed by atoms with Crippen LogP contribution in [0.1, 0.15) is 39.0 Å². The maximum atomic E-state index is 11.7. The van der Waals surface area contributed by atoms with Crippen molar-refractivity contribution in [1.82, 2.24) is 10.6 Å². The van der Waals surface area contributed by atoms with E-state index < -0.39 is 0 Å². The molecule has 0 spiro atoms. The highest BCUT2D eigenvalue weighted by atomic mass is 16.2. The Bertz CT molecular complexity index is 244. The molecular formula is C12H20N2O. The molecule has 1 amide bonds. The highest BCUT2D eigenvalue weighted by Gasteiger charge is 2.18. The van der Waals surface area contributed by atoms with Gasteiger partial charge in [-0.1, -0.05) is 12.8 Å². The normalized spacial score (nSPS) is 21.0. The van der Waals surface area contributed by atoms with Gasteiger partial charge in [-0.25, -0.2) is 0 Å². The number of hydrogen-bond donors (Lipinski definition) is 2. The van der Waals surface area contributed by atoms with Crippen LogP contribution in [0.2, 0.25) is 0 Å². The van der Waals surface area contributed by atoms with E-state index in [0.29, 0.717) is 6.54 Å². The van der Waals surface area contributed by atoms with Crippen molar-refractivity contribution in [2.45, 2.75) is 45.1 Å². The molecule has 1 fully saturated rings. The van der Waals surface area contributed by atoms with E-state index in [1.165, 1.54) is 12.8 Å². The van der Waals surface area contributed by atoms with Gasteiger partial charge in [-0.2, -0.15) is 0 Å². The predicted molar refractivity (Wildman–Crippen MR) is 61.3 cm³/mol. The summed E-state index contributed by atoms with van der Waals surface area (Å²) in [4.78, 5) is 11.7. The average Bonchev–Trinajstić information content (AvgIpc) is 2.52. The molecule has 0 saturated carbocycles. The summed E-state index contributed by atoms with van der Waals surface area (Å²) in [5.41, 5.74) is 0. The summed E-state index contributed by atoms with van der Waals surface area (Å²) >= 11 is 0. The van der Waals surface area contributed by atoms with E-state index in [-0.39, 0.29) is 11.9 Å². The quantitative estimate of drug-likeness (QED) is 0.537. The van der Waals surface area contributed by atoms with Gasteiger partial charge in [0.05, 0.1) is 6.04 Å². The molecule has 1 aliphatic heterocycles. The van der Waals surface area contributed by atoms with Crippen LogP contribution in [0.15, 0.2) is 0 Å². The Morgan fingerprint density at radius 3 is 3.13 bits per heavy atom. The van der Waals surface area contributed by atoms with Crippen LogP contribution in [-0.4, -0.2) is 25.0 Å². The van der Waals surface area contributed by atoms with E-state index in [2.05, 4.69) is 22.5 Å². The van der Waals surface area contributed by atoms with E-state index in [1.54, 1.807) is 0 Å². The van der Waals surface area contributed by atoms with Gasteiger partial charge in [-0.15, -0.1) is 11.8 Å². The Hall–Kier alpha value is -1.01. The Morgan fingerprint density at radius 1 is 1.47 bits per heavy atom. The fraction of sp³-hybridized carbons (Fsp3) is 0.750. The van der Waals surface area contributed by atoms with Crippen molar-refractivity contribution in [3.8, 4) is 11.8 Å². The average molecular weight is 208 g/mol. The summed E-state index contributed by atoms with van der Waals surface area (Å²) in [6, 6.07) is 0.0158. The lowest BCUT2D eigenvalue weighted by atomic mass is 10.1. The van der Waals surface area contributed by atoms with Crippen molar-refractivity contribution in [3.63, 3.8) is 0 Å². The van der Waals surface area contributed by atoms with Crippen LogP contribution < -0.4 is 10.6 Å². The third-order valence-corrected chi connectivity index (χ3v) is 2.60. The second kappa shape index (κ2) is 7.30. The zero-order valence-electron chi connectivity index (χ0n) is 9.44. The first-order valence-electron chi connectivity index (χ1n) is 5.75. The number of nitrogens with one attached hydrogen (secondary N) is 2. The zero-order valence-corrected chi connectivity index (χ0v) is 9.44. The van der Waals surface area contributed by atoms with Gasteiger partial charge < -0.3 is 10.6 Å². The van der Waals surface area contributed by atoms with Gasteiger partial charge in [0.1, 0.15) is 0 Å². The summed E-state index contributed by atoms with van der Waals surface area (Å²) in [6.07, 6.45) is 5.28. The van der Waals surface area contributed by atoms with E-state index >= 15 is 0 Å². The number of carbonyl (C=O) groups is 1. The van der Waals surface area contributed by atoms with Crippen molar-refractivity contribution in [2.75, 3.05) is 13.1 Å². The van der Waals surface area contributed by atoms with Gasteiger partial charge in [0.25, 0.3) is 0 Å². The van der Waals surface area contributed by atoms with E-state index in [1.807, 2.05) is 6.92 Å². The molecule has 1 heterocycles. The molecule has 0 bridgehead atoms. The van der Waals surface area contributed by atoms with E-state index in [9.17, 15) is 4.79 Å². The van der Waals surface area contributed by atoms with Crippen molar-refractivity contribution < 1.29 is 4.79 Å². The van der Waals surface area contributed by atoms with Gasteiger partial charge in [-0.3, -0.25) is 4.79 Å². The van der Waals surface area contributed by atoms with Crippen molar-refractivity contribution >= 4 is 5.91 Å². The number of rotatable bonds is 3. The lowest BCUT2D eigenvalue weighted by molar-refractivity contribution is -0.123. The van der Waals surface area contributed by atoms with Crippen molar-refractivity contribution in [1.29, 1.82) is 0 Å². The monoisotopic (exact) mass is 208 g/mol. The smallest absolute Gasteiger partial charge is 0.237 e. The molecule has 3 heteroatoms. The van der Waals surface area contributed by atoms with Gasteiger partial charge in [-0.05, 0) is 26.3 Å². The molecular weight excluding hydrogens is 188 g/mol. The largest absolute Gasteiger partial charge is 0.354 e. The molecule has 15 heavy (non-hydrogen) atoms. The zero-order chi connectivity index (χ0) is 10.9. The summed E-state index contributed by atoms with van der Waals surface area (Å²) in [5.74, 6) is 5.88.